The summed E-state index contributed by atoms with van der Waals surface area (Å²) in [6, 6.07) is 0.634. The molecule has 4 heteroatoms. The van der Waals surface area contributed by atoms with Gasteiger partial charge < -0.3 is 15.5 Å². The van der Waals surface area contributed by atoms with Crippen molar-refractivity contribution >= 4 is 5.91 Å². The molecular formula is C11H21N3O. The summed E-state index contributed by atoms with van der Waals surface area (Å²) in [4.78, 5) is 15.9. The van der Waals surface area contributed by atoms with Crippen LogP contribution < -0.4 is 5.73 Å². The second-order valence-corrected chi connectivity index (χ2v) is 5.07. The smallest absolute Gasteiger partial charge is 0.236 e. The third-order valence-corrected chi connectivity index (χ3v) is 3.77. The molecule has 0 bridgehead atoms. The van der Waals surface area contributed by atoms with E-state index in [-0.39, 0.29) is 12.5 Å². The van der Waals surface area contributed by atoms with E-state index in [4.69, 9.17) is 5.73 Å². The summed E-state index contributed by atoms with van der Waals surface area (Å²) in [5.74, 6) is 1.48. The molecule has 1 amide bonds. The lowest BCUT2D eigenvalue weighted by atomic mass is 10.0. The molecule has 15 heavy (non-hydrogen) atoms. The fraction of sp³-hybridized carbons (Fsp3) is 0.909. The maximum atomic E-state index is 11.4. The Morgan fingerprint density at radius 2 is 1.80 bits per heavy atom. The highest BCUT2D eigenvalue weighted by Crippen LogP contribution is 2.31. The summed E-state index contributed by atoms with van der Waals surface area (Å²) in [5.41, 5.74) is 5.38. The van der Waals surface area contributed by atoms with Crippen molar-refractivity contribution in [2.45, 2.75) is 19.9 Å². The first kappa shape index (κ1) is 10.9. The van der Waals surface area contributed by atoms with Crippen molar-refractivity contribution in [3.05, 3.63) is 0 Å². The number of carbonyl (C=O) groups excluding carboxylic acids is 1. The Bertz CT molecular complexity index is 240. The molecule has 0 aliphatic carbocycles. The number of hydrogen-bond acceptors (Lipinski definition) is 3. The summed E-state index contributed by atoms with van der Waals surface area (Å²) < 4.78 is 0. The van der Waals surface area contributed by atoms with Gasteiger partial charge in [-0.25, -0.2) is 0 Å². The molecule has 4 nitrogen and oxygen atoms in total. The number of rotatable bonds is 2. The molecule has 2 heterocycles. The number of nitrogens with zero attached hydrogens (tertiary/aromatic N) is 2. The van der Waals surface area contributed by atoms with E-state index in [1.807, 2.05) is 4.90 Å². The summed E-state index contributed by atoms with van der Waals surface area (Å²) in [7, 11) is 0. The topological polar surface area (TPSA) is 49.6 Å². The zero-order valence-corrected chi connectivity index (χ0v) is 9.65. The predicted molar refractivity (Wildman–Crippen MR) is 59.3 cm³/mol. The summed E-state index contributed by atoms with van der Waals surface area (Å²) in [5, 5.41) is 0. The zero-order chi connectivity index (χ0) is 11.0. The molecular weight excluding hydrogens is 190 g/mol. The molecule has 0 aromatic carbocycles. The van der Waals surface area contributed by atoms with Crippen LogP contribution in [-0.4, -0.2) is 54.5 Å². The minimum atomic E-state index is 0.112. The van der Waals surface area contributed by atoms with Crippen LogP contribution in [0.2, 0.25) is 0 Å². The van der Waals surface area contributed by atoms with Crippen molar-refractivity contribution in [1.29, 1.82) is 0 Å². The highest BCUT2D eigenvalue weighted by Gasteiger charge is 2.41. The zero-order valence-electron chi connectivity index (χ0n) is 9.65. The second-order valence-electron chi connectivity index (χ2n) is 5.07. The highest BCUT2D eigenvalue weighted by molar-refractivity contribution is 5.78. The van der Waals surface area contributed by atoms with Crippen molar-refractivity contribution in [3.8, 4) is 0 Å². The molecule has 2 rings (SSSR count). The van der Waals surface area contributed by atoms with E-state index >= 15 is 0 Å². The Morgan fingerprint density at radius 1 is 1.27 bits per heavy atom. The normalized spacial score (nSPS) is 31.3. The summed E-state index contributed by atoms with van der Waals surface area (Å²) in [6.45, 7) is 8.78. The summed E-state index contributed by atoms with van der Waals surface area (Å²) in [6.07, 6.45) is 0. The lowest BCUT2D eigenvalue weighted by Gasteiger charge is -2.24. The number of fused-ring (bicyclic) bond motifs is 1. The van der Waals surface area contributed by atoms with E-state index in [2.05, 4.69) is 18.7 Å². The number of nitrogens with two attached hydrogens (primary N) is 1. The van der Waals surface area contributed by atoms with Crippen molar-refractivity contribution < 1.29 is 4.79 Å². The molecule has 2 fully saturated rings. The van der Waals surface area contributed by atoms with E-state index in [1.54, 1.807) is 0 Å². The average Bonchev–Trinajstić information content (AvgIpc) is 2.72. The number of likely N-dealkylation sites (tertiary alicyclic amines) is 2. The Labute approximate surface area is 91.4 Å². The van der Waals surface area contributed by atoms with Crippen LogP contribution in [0.1, 0.15) is 13.8 Å². The Balaban J connectivity index is 1.90. The fourth-order valence-corrected chi connectivity index (χ4v) is 2.78. The third kappa shape index (κ3) is 2.01. The van der Waals surface area contributed by atoms with Crippen molar-refractivity contribution in [1.82, 2.24) is 9.80 Å². The molecule has 86 valence electrons. The molecule has 2 unspecified atom stereocenters. The van der Waals surface area contributed by atoms with Crippen LogP contribution in [0.15, 0.2) is 0 Å². The van der Waals surface area contributed by atoms with Crippen LogP contribution in [0, 0.1) is 11.8 Å². The number of hydrogen-bond donors (Lipinski definition) is 1. The largest absolute Gasteiger partial charge is 0.341 e. The molecule has 0 aromatic heterocycles. The van der Waals surface area contributed by atoms with Crippen LogP contribution in [0.25, 0.3) is 0 Å². The monoisotopic (exact) mass is 211 g/mol. The molecule has 2 saturated heterocycles. The van der Waals surface area contributed by atoms with Gasteiger partial charge in [0, 0.05) is 32.2 Å². The van der Waals surface area contributed by atoms with Gasteiger partial charge in [-0.3, -0.25) is 4.79 Å². The van der Waals surface area contributed by atoms with Gasteiger partial charge in [0.15, 0.2) is 0 Å². The molecule has 2 atom stereocenters. The van der Waals surface area contributed by atoms with Gasteiger partial charge in [-0.05, 0) is 25.7 Å². The van der Waals surface area contributed by atoms with Gasteiger partial charge in [-0.1, -0.05) is 0 Å². The predicted octanol–water partition coefficient (Wildman–Crippen LogP) is -0.256. The van der Waals surface area contributed by atoms with Gasteiger partial charge in [0.2, 0.25) is 5.91 Å². The maximum absolute atomic E-state index is 11.4. The summed E-state index contributed by atoms with van der Waals surface area (Å²) >= 11 is 0. The van der Waals surface area contributed by atoms with Crippen molar-refractivity contribution in [2.75, 3.05) is 32.7 Å². The Morgan fingerprint density at radius 3 is 2.20 bits per heavy atom. The molecule has 0 saturated carbocycles. The van der Waals surface area contributed by atoms with Gasteiger partial charge >= 0.3 is 0 Å². The van der Waals surface area contributed by atoms with Gasteiger partial charge in [-0.15, -0.1) is 0 Å². The number of carbonyl (C=O) groups is 1. The lowest BCUT2D eigenvalue weighted by molar-refractivity contribution is -0.129. The van der Waals surface area contributed by atoms with Crippen LogP contribution in [0.4, 0.5) is 0 Å². The van der Waals surface area contributed by atoms with E-state index in [1.165, 1.54) is 0 Å². The Kier molecular flexibility index (Phi) is 2.98. The first-order valence-electron chi connectivity index (χ1n) is 5.83. The van der Waals surface area contributed by atoms with E-state index in [0.717, 1.165) is 26.2 Å². The SMILES string of the molecule is CC(C)N1CC2CN(C(=O)CN)CC2C1. The van der Waals surface area contributed by atoms with Gasteiger partial charge in [0.1, 0.15) is 0 Å². The second kappa shape index (κ2) is 4.10. The van der Waals surface area contributed by atoms with Crippen LogP contribution in [0.3, 0.4) is 0 Å². The fourth-order valence-electron chi connectivity index (χ4n) is 2.78. The van der Waals surface area contributed by atoms with Crippen LogP contribution in [0.5, 0.6) is 0 Å². The molecule has 0 radical (unpaired) electrons. The van der Waals surface area contributed by atoms with Crippen LogP contribution in [-0.2, 0) is 4.79 Å². The van der Waals surface area contributed by atoms with Gasteiger partial charge in [-0.2, -0.15) is 0 Å². The molecule has 0 spiro atoms. The van der Waals surface area contributed by atoms with E-state index in [0.29, 0.717) is 17.9 Å². The molecule has 0 aromatic rings. The van der Waals surface area contributed by atoms with Crippen molar-refractivity contribution in [3.63, 3.8) is 0 Å². The molecule has 2 aliphatic heterocycles. The van der Waals surface area contributed by atoms with Gasteiger partial charge in [0.05, 0.1) is 6.54 Å². The number of amides is 1. The minimum Gasteiger partial charge on any atom is -0.341 e. The van der Waals surface area contributed by atoms with E-state index < -0.39 is 0 Å². The molecule has 2 N–H and O–H groups in total. The standard InChI is InChI=1S/C11H21N3O/c1-8(2)13-4-9-6-14(11(15)3-12)7-10(9)5-13/h8-10H,3-7,12H2,1-2H3. The minimum absolute atomic E-state index is 0.112. The maximum Gasteiger partial charge on any atom is 0.236 e. The highest BCUT2D eigenvalue weighted by atomic mass is 16.2. The molecule has 2 aliphatic rings. The quantitative estimate of drug-likeness (QED) is 0.685. The van der Waals surface area contributed by atoms with Crippen molar-refractivity contribution in [2.24, 2.45) is 17.6 Å². The van der Waals surface area contributed by atoms with Gasteiger partial charge in [0.25, 0.3) is 0 Å². The Hall–Kier alpha value is -0.610. The van der Waals surface area contributed by atoms with E-state index in [9.17, 15) is 4.79 Å². The average molecular weight is 211 g/mol. The first-order chi connectivity index (χ1) is 7.11. The third-order valence-electron chi connectivity index (χ3n) is 3.77. The first-order valence-corrected chi connectivity index (χ1v) is 5.83. The lowest BCUT2D eigenvalue weighted by Crippen LogP contribution is -2.38. The van der Waals surface area contributed by atoms with Crippen LogP contribution >= 0.6 is 0 Å².